The van der Waals surface area contributed by atoms with E-state index >= 15 is 0 Å². The van der Waals surface area contributed by atoms with Crippen molar-refractivity contribution < 1.29 is 18.3 Å². The third kappa shape index (κ3) is 5.74. The predicted octanol–water partition coefficient (Wildman–Crippen LogP) is 0.815. The minimum absolute atomic E-state index is 0.0139. The van der Waals surface area contributed by atoms with Crippen LogP contribution in [0, 0.1) is 5.92 Å². The lowest BCUT2D eigenvalue weighted by Gasteiger charge is -2.17. The maximum absolute atomic E-state index is 11.4. The molecule has 2 N–H and O–H groups in total. The molecular weight excluding hydrogens is 218 g/mol. The van der Waals surface area contributed by atoms with Crippen LogP contribution in [0.5, 0.6) is 0 Å². The number of carbonyl (C=O) groups is 1. The molecule has 0 saturated carbocycles. The van der Waals surface area contributed by atoms with Crippen LogP contribution in [-0.4, -0.2) is 31.3 Å². The molecule has 0 heterocycles. The summed E-state index contributed by atoms with van der Waals surface area (Å²) in [4.78, 5) is 10.8. The van der Waals surface area contributed by atoms with Gasteiger partial charge in [0, 0.05) is 0 Å². The number of aliphatic carboxylic acids is 1. The second-order valence-corrected chi connectivity index (χ2v) is 5.72. The second-order valence-electron chi connectivity index (χ2n) is 3.85. The first kappa shape index (κ1) is 14.4. The maximum atomic E-state index is 11.4. The molecule has 0 fully saturated rings. The Balaban J connectivity index is 4.46. The molecule has 0 saturated heterocycles. The molecule has 0 aliphatic rings. The minimum atomic E-state index is -3.46. The second kappa shape index (κ2) is 6.07. The Bertz CT molecular complexity index is 297. The van der Waals surface area contributed by atoms with Gasteiger partial charge in [0.25, 0.3) is 0 Å². The van der Waals surface area contributed by atoms with Crippen molar-refractivity contribution in [3.8, 4) is 0 Å². The lowest BCUT2D eigenvalue weighted by atomic mass is 10.1. The number of hydrogen-bond acceptors (Lipinski definition) is 3. The Labute approximate surface area is 90.9 Å². The van der Waals surface area contributed by atoms with E-state index in [2.05, 4.69) is 4.72 Å². The van der Waals surface area contributed by atoms with Gasteiger partial charge in [0.05, 0.1) is 5.75 Å². The summed E-state index contributed by atoms with van der Waals surface area (Å²) in [7, 11) is -3.46. The number of rotatable bonds is 7. The highest BCUT2D eigenvalue weighted by Gasteiger charge is 2.26. The summed E-state index contributed by atoms with van der Waals surface area (Å²) in [6, 6.07) is -1.04. The normalized spacial score (nSPS) is 14.1. The molecular formula is C9H19NO4S. The molecule has 90 valence electrons. The van der Waals surface area contributed by atoms with Crippen molar-refractivity contribution in [3.05, 3.63) is 0 Å². The summed E-state index contributed by atoms with van der Waals surface area (Å²) < 4.78 is 25.1. The molecule has 0 spiro atoms. The van der Waals surface area contributed by atoms with Crippen LogP contribution in [0.15, 0.2) is 0 Å². The van der Waals surface area contributed by atoms with Gasteiger partial charge in [-0.25, -0.2) is 13.1 Å². The average molecular weight is 237 g/mol. The molecule has 0 aromatic carbocycles. The molecule has 0 bridgehead atoms. The minimum Gasteiger partial charge on any atom is -0.480 e. The highest BCUT2D eigenvalue weighted by molar-refractivity contribution is 7.89. The van der Waals surface area contributed by atoms with Gasteiger partial charge in [-0.2, -0.15) is 0 Å². The highest BCUT2D eigenvalue weighted by atomic mass is 32.2. The molecule has 0 aromatic rings. The van der Waals surface area contributed by atoms with Crippen molar-refractivity contribution in [3.63, 3.8) is 0 Å². The molecule has 1 unspecified atom stereocenters. The zero-order valence-corrected chi connectivity index (χ0v) is 10.2. The fourth-order valence-electron chi connectivity index (χ4n) is 1.06. The number of sulfonamides is 1. The lowest BCUT2D eigenvalue weighted by Crippen LogP contribution is -2.45. The van der Waals surface area contributed by atoms with Crippen molar-refractivity contribution in [2.24, 2.45) is 5.92 Å². The maximum Gasteiger partial charge on any atom is 0.321 e. The van der Waals surface area contributed by atoms with Crippen LogP contribution in [0.3, 0.4) is 0 Å². The van der Waals surface area contributed by atoms with Crippen LogP contribution >= 0.6 is 0 Å². The average Bonchev–Trinajstić information content (AvgIpc) is 2.10. The molecule has 1 atom stereocenters. The van der Waals surface area contributed by atoms with E-state index in [0.29, 0.717) is 6.42 Å². The standard InChI is InChI=1S/C9H19NO4S/c1-4-5-6-15(13,14)10-8(7(2)3)9(11)12/h7-8,10H,4-6H2,1-3H3,(H,11,12). The van der Waals surface area contributed by atoms with Crippen molar-refractivity contribution in [1.82, 2.24) is 4.72 Å². The monoisotopic (exact) mass is 237 g/mol. The molecule has 0 aliphatic heterocycles. The van der Waals surface area contributed by atoms with E-state index in [4.69, 9.17) is 5.11 Å². The summed E-state index contributed by atoms with van der Waals surface area (Å²) >= 11 is 0. The van der Waals surface area contributed by atoms with E-state index in [9.17, 15) is 13.2 Å². The highest BCUT2D eigenvalue weighted by Crippen LogP contribution is 2.04. The lowest BCUT2D eigenvalue weighted by molar-refractivity contribution is -0.140. The van der Waals surface area contributed by atoms with Crippen LogP contribution in [0.1, 0.15) is 33.6 Å². The third-order valence-electron chi connectivity index (χ3n) is 2.01. The van der Waals surface area contributed by atoms with E-state index in [-0.39, 0.29) is 11.7 Å². The van der Waals surface area contributed by atoms with E-state index in [0.717, 1.165) is 6.42 Å². The van der Waals surface area contributed by atoms with Crippen molar-refractivity contribution in [2.45, 2.75) is 39.7 Å². The third-order valence-corrected chi connectivity index (χ3v) is 3.45. The Morgan fingerprint density at radius 1 is 1.40 bits per heavy atom. The SMILES string of the molecule is CCCCS(=O)(=O)NC(C(=O)O)C(C)C. The Hall–Kier alpha value is -0.620. The Morgan fingerprint density at radius 2 is 1.93 bits per heavy atom. The van der Waals surface area contributed by atoms with Crippen LogP contribution < -0.4 is 4.72 Å². The first-order valence-corrected chi connectivity index (χ1v) is 6.68. The summed E-state index contributed by atoms with van der Waals surface area (Å²) in [5.41, 5.74) is 0. The number of carboxylic acids is 1. The molecule has 6 heteroatoms. The van der Waals surface area contributed by atoms with Gasteiger partial charge in [0.15, 0.2) is 0 Å². The number of hydrogen-bond donors (Lipinski definition) is 2. The van der Waals surface area contributed by atoms with E-state index < -0.39 is 22.0 Å². The predicted molar refractivity (Wildman–Crippen MR) is 58.1 cm³/mol. The first-order valence-electron chi connectivity index (χ1n) is 5.03. The number of nitrogens with one attached hydrogen (secondary N) is 1. The summed E-state index contributed by atoms with van der Waals surface area (Å²) in [6.45, 7) is 5.22. The van der Waals surface area contributed by atoms with Gasteiger partial charge in [0.2, 0.25) is 10.0 Å². The van der Waals surface area contributed by atoms with Crippen LogP contribution in [-0.2, 0) is 14.8 Å². The fraction of sp³-hybridized carbons (Fsp3) is 0.889. The largest absolute Gasteiger partial charge is 0.480 e. The smallest absolute Gasteiger partial charge is 0.321 e. The Kier molecular flexibility index (Phi) is 5.82. The van der Waals surface area contributed by atoms with Gasteiger partial charge in [-0.1, -0.05) is 27.2 Å². The number of carboxylic acid groups (broad SMARTS) is 1. The summed E-state index contributed by atoms with van der Waals surface area (Å²) in [5.74, 6) is -1.41. The zero-order valence-electron chi connectivity index (χ0n) is 9.36. The van der Waals surface area contributed by atoms with Crippen LogP contribution in [0.4, 0.5) is 0 Å². The van der Waals surface area contributed by atoms with E-state index in [1.54, 1.807) is 13.8 Å². The van der Waals surface area contributed by atoms with Crippen LogP contribution in [0.25, 0.3) is 0 Å². The van der Waals surface area contributed by atoms with Gasteiger partial charge >= 0.3 is 5.97 Å². The van der Waals surface area contributed by atoms with Gasteiger partial charge in [-0.3, -0.25) is 4.79 Å². The zero-order chi connectivity index (χ0) is 12.1. The van der Waals surface area contributed by atoms with Crippen LogP contribution in [0.2, 0.25) is 0 Å². The first-order chi connectivity index (χ1) is 6.80. The summed E-state index contributed by atoms with van der Waals surface area (Å²) in [5, 5.41) is 8.81. The fourth-order valence-corrected chi connectivity index (χ4v) is 2.60. The molecule has 0 rings (SSSR count). The van der Waals surface area contributed by atoms with Crippen molar-refractivity contribution >= 4 is 16.0 Å². The topological polar surface area (TPSA) is 83.5 Å². The molecule has 0 aliphatic carbocycles. The quantitative estimate of drug-likeness (QED) is 0.686. The molecule has 0 aromatic heterocycles. The summed E-state index contributed by atoms with van der Waals surface area (Å²) in [6.07, 6.45) is 1.31. The van der Waals surface area contributed by atoms with Gasteiger partial charge < -0.3 is 5.11 Å². The van der Waals surface area contributed by atoms with Gasteiger partial charge in [0.1, 0.15) is 6.04 Å². The molecule has 15 heavy (non-hydrogen) atoms. The molecule has 0 radical (unpaired) electrons. The van der Waals surface area contributed by atoms with Gasteiger partial charge in [-0.15, -0.1) is 0 Å². The molecule has 5 nitrogen and oxygen atoms in total. The van der Waals surface area contributed by atoms with Gasteiger partial charge in [-0.05, 0) is 12.3 Å². The van der Waals surface area contributed by atoms with Crippen molar-refractivity contribution in [1.29, 1.82) is 0 Å². The van der Waals surface area contributed by atoms with Crippen molar-refractivity contribution in [2.75, 3.05) is 5.75 Å². The molecule has 0 amide bonds. The van der Waals surface area contributed by atoms with E-state index in [1.807, 2.05) is 6.92 Å². The Morgan fingerprint density at radius 3 is 2.27 bits per heavy atom. The van der Waals surface area contributed by atoms with E-state index in [1.165, 1.54) is 0 Å². The number of unbranched alkanes of at least 4 members (excludes halogenated alkanes) is 1.